The summed E-state index contributed by atoms with van der Waals surface area (Å²) in [6.45, 7) is 1.99. The van der Waals surface area contributed by atoms with Gasteiger partial charge in [0.15, 0.2) is 16.7 Å². The maximum Gasteiger partial charge on any atom is 0.344 e. The lowest BCUT2D eigenvalue weighted by Gasteiger charge is -2.38. The maximum atomic E-state index is 14.6. The SMILES string of the molecule is Cc1ccccc1-c1noc(C2CC2)c1C(=O)O[C@H]1C[C@H]2CC[C@@H](C1)N2c1nc2c(F)cc(C(=O)O)cc2s1. The van der Waals surface area contributed by atoms with E-state index in [1.807, 2.05) is 31.2 Å². The molecule has 3 fully saturated rings. The zero-order valence-electron chi connectivity index (χ0n) is 21.2. The van der Waals surface area contributed by atoms with Crippen LogP contribution in [-0.4, -0.2) is 45.4 Å². The van der Waals surface area contributed by atoms with E-state index >= 15 is 0 Å². The molecule has 8 nitrogen and oxygen atoms in total. The Morgan fingerprint density at radius 1 is 1.13 bits per heavy atom. The third-order valence-corrected chi connectivity index (χ3v) is 9.16. The van der Waals surface area contributed by atoms with E-state index in [1.54, 1.807) is 0 Å². The lowest BCUT2D eigenvalue weighted by atomic mass is 9.99. The Labute approximate surface area is 227 Å². The molecule has 0 spiro atoms. The maximum absolute atomic E-state index is 14.6. The summed E-state index contributed by atoms with van der Waals surface area (Å²) in [5.74, 6) is -1.37. The number of anilines is 1. The average molecular weight is 548 g/mol. The number of rotatable bonds is 6. The highest BCUT2D eigenvalue weighted by molar-refractivity contribution is 7.22. The van der Waals surface area contributed by atoms with Crippen LogP contribution < -0.4 is 4.90 Å². The van der Waals surface area contributed by atoms with Crippen molar-refractivity contribution in [1.29, 1.82) is 0 Å². The highest BCUT2D eigenvalue weighted by Crippen LogP contribution is 2.46. The van der Waals surface area contributed by atoms with Crippen LogP contribution in [0.3, 0.4) is 0 Å². The van der Waals surface area contributed by atoms with Crippen LogP contribution in [0.4, 0.5) is 9.52 Å². The number of fused-ring (bicyclic) bond motifs is 3. The van der Waals surface area contributed by atoms with Gasteiger partial charge in [-0.3, -0.25) is 0 Å². The molecule has 2 aromatic carbocycles. The molecular weight excluding hydrogens is 521 g/mol. The molecule has 10 heteroatoms. The molecule has 0 amide bonds. The molecule has 2 saturated heterocycles. The summed E-state index contributed by atoms with van der Waals surface area (Å²) in [4.78, 5) is 31.7. The van der Waals surface area contributed by atoms with Crippen LogP contribution in [0, 0.1) is 12.7 Å². The summed E-state index contributed by atoms with van der Waals surface area (Å²) in [6, 6.07) is 10.5. The van der Waals surface area contributed by atoms with Gasteiger partial charge in [-0.1, -0.05) is 40.8 Å². The van der Waals surface area contributed by atoms with Gasteiger partial charge in [0, 0.05) is 36.4 Å². The second kappa shape index (κ2) is 9.15. The van der Waals surface area contributed by atoms with Crippen molar-refractivity contribution in [3.05, 3.63) is 64.7 Å². The van der Waals surface area contributed by atoms with E-state index in [4.69, 9.17) is 9.26 Å². The number of piperidine rings is 1. The van der Waals surface area contributed by atoms with Gasteiger partial charge in [-0.25, -0.2) is 19.0 Å². The van der Waals surface area contributed by atoms with E-state index in [2.05, 4.69) is 15.0 Å². The van der Waals surface area contributed by atoms with E-state index in [1.165, 1.54) is 17.4 Å². The molecule has 200 valence electrons. The number of ether oxygens (including phenoxy) is 1. The number of halogens is 1. The molecule has 3 atom stereocenters. The average Bonchev–Trinajstić information content (AvgIpc) is 3.40. The fourth-order valence-corrected chi connectivity index (χ4v) is 7.27. The van der Waals surface area contributed by atoms with Gasteiger partial charge in [-0.2, -0.15) is 0 Å². The molecule has 2 aliphatic heterocycles. The molecule has 2 bridgehead atoms. The number of hydrogen-bond acceptors (Lipinski definition) is 8. The minimum atomic E-state index is -1.17. The molecule has 1 saturated carbocycles. The lowest BCUT2D eigenvalue weighted by Crippen LogP contribution is -2.46. The summed E-state index contributed by atoms with van der Waals surface area (Å²) < 4.78 is 26.9. The Balaban J connectivity index is 1.13. The van der Waals surface area contributed by atoms with Crippen LogP contribution in [0.15, 0.2) is 40.9 Å². The number of aromatic carboxylic acids is 1. The van der Waals surface area contributed by atoms with Crippen molar-refractivity contribution in [2.75, 3.05) is 4.90 Å². The number of carboxylic acid groups (broad SMARTS) is 1. The van der Waals surface area contributed by atoms with Gasteiger partial charge in [0.25, 0.3) is 0 Å². The minimum Gasteiger partial charge on any atom is -0.478 e. The van der Waals surface area contributed by atoms with Gasteiger partial charge in [-0.15, -0.1) is 0 Å². The number of nitrogens with zero attached hydrogens (tertiary/aromatic N) is 3. The first kappa shape index (κ1) is 24.3. The molecule has 2 aromatic heterocycles. The number of aryl methyl sites for hydroxylation is 1. The third-order valence-electron chi connectivity index (χ3n) is 8.14. The predicted octanol–water partition coefficient (Wildman–Crippen LogP) is 6.33. The highest BCUT2D eigenvalue weighted by Gasteiger charge is 2.44. The molecule has 0 radical (unpaired) electrons. The molecule has 4 aromatic rings. The van der Waals surface area contributed by atoms with Crippen molar-refractivity contribution >= 4 is 38.6 Å². The van der Waals surface area contributed by atoms with Crippen molar-refractivity contribution < 1.29 is 28.3 Å². The van der Waals surface area contributed by atoms with Crippen molar-refractivity contribution in [2.24, 2.45) is 0 Å². The van der Waals surface area contributed by atoms with E-state index in [0.717, 1.165) is 42.9 Å². The Kier molecular flexibility index (Phi) is 5.69. The summed E-state index contributed by atoms with van der Waals surface area (Å²) in [5.41, 5.74) is 2.96. The fourth-order valence-electron chi connectivity index (χ4n) is 6.10. The molecule has 0 unspecified atom stereocenters. The second-order valence-corrected chi connectivity index (χ2v) is 11.8. The highest BCUT2D eigenvalue weighted by atomic mass is 32.1. The first-order valence-corrected chi connectivity index (χ1v) is 14.1. The molecular formula is C29H26FN3O5S. The first-order chi connectivity index (χ1) is 18.9. The van der Waals surface area contributed by atoms with E-state index in [0.29, 0.717) is 39.7 Å². The Bertz CT molecular complexity index is 1610. The summed E-state index contributed by atoms with van der Waals surface area (Å²) in [7, 11) is 0. The Morgan fingerprint density at radius 2 is 1.87 bits per heavy atom. The predicted molar refractivity (Wildman–Crippen MR) is 143 cm³/mol. The number of carbonyl (C=O) groups is 2. The van der Waals surface area contributed by atoms with Crippen LogP contribution in [0.2, 0.25) is 0 Å². The number of thiazole rings is 1. The van der Waals surface area contributed by atoms with Gasteiger partial charge in [0.2, 0.25) is 0 Å². The number of carboxylic acids is 1. The number of carbonyl (C=O) groups excluding carboxylic acids is 1. The standard InChI is InChI=1S/C29H26FN3O5S/c1-14-4-2-3-5-20(14)24-23(26(38-32-24)15-6-7-15)28(36)37-19-12-17-8-9-18(13-19)33(17)29-31-25-21(30)10-16(27(34)35)11-22(25)39-29/h2-5,10-11,15,17-19H,6-9,12-13H2,1H3,(H,34,35)/t17-,18+,19+. The summed E-state index contributed by atoms with van der Waals surface area (Å²) >= 11 is 1.31. The quantitative estimate of drug-likeness (QED) is 0.279. The number of hydrogen-bond donors (Lipinski definition) is 1. The number of aromatic nitrogens is 2. The molecule has 7 rings (SSSR count). The Hall–Kier alpha value is -3.79. The lowest BCUT2D eigenvalue weighted by molar-refractivity contribution is 0.0202. The third kappa shape index (κ3) is 4.17. The van der Waals surface area contributed by atoms with Crippen LogP contribution in [0.5, 0.6) is 0 Å². The second-order valence-electron chi connectivity index (χ2n) is 10.8. The fraction of sp³-hybridized carbons (Fsp3) is 0.379. The Morgan fingerprint density at radius 3 is 2.56 bits per heavy atom. The van der Waals surface area contributed by atoms with Crippen LogP contribution >= 0.6 is 11.3 Å². The van der Waals surface area contributed by atoms with Gasteiger partial charge in [0.1, 0.15) is 22.9 Å². The molecule has 3 aliphatic rings. The van der Waals surface area contributed by atoms with Crippen LogP contribution in [-0.2, 0) is 4.74 Å². The van der Waals surface area contributed by atoms with Gasteiger partial charge in [-0.05, 0) is 50.3 Å². The zero-order valence-corrected chi connectivity index (χ0v) is 22.0. The van der Waals surface area contributed by atoms with Gasteiger partial charge < -0.3 is 19.3 Å². The van der Waals surface area contributed by atoms with Crippen molar-refractivity contribution in [3.63, 3.8) is 0 Å². The van der Waals surface area contributed by atoms with Gasteiger partial charge in [0.05, 0.1) is 10.3 Å². The zero-order chi connectivity index (χ0) is 26.8. The van der Waals surface area contributed by atoms with E-state index in [9.17, 15) is 19.1 Å². The first-order valence-electron chi connectivity index (χ1n) is 13.3. The molecule has 1 aliphatic carbocycles. The van der Waals surface area contributed by atoms with Crippen molar-refractivity contribution in [3.8, 4) is 11.3 Å². The normalized spacial score (nSPS) is 22.4. The smallest absolute Gasteiger partial charge is 0.344 e. The molecule has 39 heavy (non-hydrogen) atoms. The van der Waals surface area contributed by atoms with Crippen LogP contribution in [0.1, 0.15) is 76.5 Å². The number of esters is 1. The van der Waals surface area contributed by atoms with Crippen molar-refractivity contribution in [1.82, 2.24) is 10.1 Å². The van der Waals surface area contributed by atoms with E-state index < -0.39 is 17.8 Å². The number of benzene rings is 2. The molecule has 1 N–H and O–H groups in total. The molecule has 4 heterocycles. The monoisotopic (exact) mass is 547 g/mol. The summed E-state index contributed by atoms with van der Waals surface area (Å²) in [6.07, 6.45) is 4.82. The summed E-state index contributed by atoms with van der Waals surface area (Å²) in [5, 5.41) is 14.3. The van der Waals surface area contributed by atoms with Gasteiger partial charge >= 0.3 is 11.9 Å². The van der Waals surface area contributed by atoms with Crippen LogP contribution in [0.25, 0.3) is 21.5 Å². The minimum absolute atomic E-state index is 0.0897. The largest absolute Gasteiger partial charge is 0.478 e. The topological polar surface area (TPSA) is 106 Å². The van der Waals surface area contributed by atoms with E-state index in [-0.39, 0.29) is 35.2 Å². The van der Waals surface area contributed by atoms with Crippen molar-refractivity contribution in [2.45, 2.75) is 69.6 Å².